The van der Waals surface area contributed by atoms with Crippen LogP contribution in [0.3, 0.4) is 0 Å². The van der Waals surface area contributed by atoms with Crippen molar-refractivity contribution in [3.8, 4) is 0 Å². The number of rotatable bonds is 6. The molecule has 0 radical (unpaired) electrons. The van der Waals surface area contributed by atoms with E-state index in [1.807, 2.05) is 6.92 Å². The molecule has 3 unspecified atom stereocenters. The molecule has 1 aliphatic carbocycles. The third-order valence-corrected chi connectivity index (χ3v) is 3.42. The van der Waals surface area contributed by atoms with Gasteiger partial charge in [0.2, 0.25) is 5.91 Å². The molecule has 1 amide bonds. The molecular formula is C13H24N2O2. The molecule has 0 bridgehead atoms. The van der Waals surface area contributed by atoms with E-state index in [9.17, 15) is 9.90 Å². The van der Waals surface area contributed by atoms with Gasteiger partial charge in [-0.25, -0.2) is 0 Å². The van der Waals surface area contributed by atoms with Gasteiger partial charge in [-0.05, 0) is 25.7 Å². The standard InChI is InChI=1S/C13H24N2O2/c1-3-8-14-13(17)10(2)15-12-7-5-4-6-11(12)9-16/h3,10-12,15-16H,1,4-9H2,2H3,(H,14,17). The Labute approximate surface area is 103 Å². The summed E-state index contributed by atoms with van der Waals surface area (Å²) >= 11 is 0. The van der Waals surface area contributed by atoms with E-state index in [0.717, 1.165) is 12.8 Å². The molecule has 0 aromatic carbocycles. The normalized spacial score (nSPS) is 26.2. The topological polar surface area (TPSA) is 61.4 Å². The van der Waals surface area contributed by atoms with Crippen molar-refractivity contribution in [2.45, 2.75) is 44.7 Å². The Balaban J connectivity index is 2.39. The molecule has 0 heterocycles. The second-order valence-corrected chi connectivity index (χ2v) is 4.76. The number of carbonyl (C=O) groups is 1. The Morgan fingerprint density at radius 2 is 2.24 bits per heavy atom. The van der Waals surface area contributed by atoms with E-state index in [1.165, 1.54) is 12.8 Å². The highest BCUT2D eigenvalue weighted by molar-refractivity contribution is 5.81. The van der Waals surface area contributed by atoms with Crippen LogP contribution in [-0.2, 0) is 4.79 Å². The fourth-order valence-electron chi connectivity index (χ4n) is 2.37. The number of hydrogen-bond acceptors (Lipinski definition) is 3. The van der Waals surface area contributed by atoms with Crippen molar-refractivity contribution in [1.82, 2.24) is 10.6 Å². The van der Waals surface area contributed by atoms with Gasteiger partial charge in [-0.3, -0.25) is 4.79 Å². The van der Waals surface area contributed by atoms with Gasteiger partial charge in [-0.1, -0.05) is 18.9 Å². The molecule has 0 aromatic heterocycles. The summed E-state index contributed by atoms with van der Waals surface area (Å²) in [6.07, 6.45) is 6.12. The van der Waals surface area contributed by atoms with Crippen molar-refractivity contribution in [2.24, 2.45) is 5.92 Å². The Morgan fingerprint density at radius 3 is 2.88 bits per heavy atom. The van der Waals surface area contributed by atoms with Gasteiger partial charge in [0.1, 0.15) is 0 Å². The average Bonchev–Trinajstić information content (AvgIpc) is 2.36. The Bertz CT molecular complexity index is 256. The molecule has 1 fully saturated rings. The first-order valence-corrected chi connectivity index (χ1v) is 6.44. The molecule has 0 aromatic rings. The van der Waals surface area contributed by atoms with Crippen LogP contribution in [0.15, 0.2) is 12.7 Å². The molecular weight excluding hydrogens is 216 g/mol. The summed E-state index contributed by atoms with van der Waals surface area (Å²) < 4.78 is 0. The summed E-state index contributed by atoms with van der Waals surface area (Å²) in [4.78, 5) is 11.7. The zero-order valence-electron chi connectivity index (χ0n) is 10.6. The first-order chi connectivity index (χ1) is 8.19. The number of carbonyl (C=O) groups excluding carboxylic acids is 1. The van der Waals surface area contributed by atoms with Crippen LogP contribution in [0.5, 0.6) is 0 Å². The Morgan fingerprint density at radius 1 is 1.53 bits per heavy atom. The first-order valence-electron chi connectivity index (χ1n) is 6.44. The van der Waals surface area contributed by atoms with Crippen molar-refractivity contribution in [3.63, 3.8) is 0 Å². The largest absolute Gasteiger partial charge is 0.396 e. The number of nitrogens with one attached hydrogen (secondary N) is 2. The zero-order valence-corrected chi connectivity index (χ0v) is 10.6. The van der Waals surface area contributed by atoms with Crippen LogP contribution < -0.4 is 10.6 Å². The van der Waals surface area contributed by atoms with Gasteiger partial charge >= 0.3 is 0 Å². The minimum Gasteiger partial charge on any atom is -0.396 e. The molecule has 4 heteroatoms. The van der Waals surface area contributed by atoms with Crippen LogP contribution in [-0.4, -0.2) is 36.2 Å². The summed E-state index contributed by atoms with van der Waals surface area (Å²) in [5, 5.41) is 15.4. The Hall–Kier alpha value is -0.870. The summed E-state index contributed by atoms with van der Waals surface area (Å²) in [6.45, 7) is 6.13. The maximum atomic E-state index is 11.7. The Kier molecular flexibility index (Phi) is 6.22. The van der Waals surface area contributed by atoms with E-state index in [1.54, 1.807) is 6.08 Å². The lowest BCUT2D eigenvalue weighted by Gasteiger charge is -2.32. The quantitative estimate of drug-likeness (QED) is 0.602. The monoisotopic (exact) mass is 240 g/mol. The molecule has 1 saturated carbocycles. The molecule has 0 spiro atoms. The van der Waals surface area contributed by atoms with Crippen molar-refractivity contribution in [3.05, 3.63) is 12.7 Å². The van der Waals surface area contributed by atoms with E-state index in [2.05, 4.69) is 17.2 Å². The molecule has 0 aliphatic heterocycles. The fourth-order valence-corrected chi connectivity index (χ4v) is 2.37. The van der Waals surface area contributed by atoms with Gasteiger partial charge in [0.25, 0.3) is 0 Å². The van der Waals surface area contributed by atoms with Crippen LogP contribution >= 0.6 is 0 Å². The summed E-state index contributed by atoms with van der Waals surface area (Å²) in [5.41, 5.74) is 0. The minimum atomic E-state index is -0.216. The van der Waals surface area contributed by atoms with Gasteiger partial charge in [0, 0.05) is 19.2 Å². The highest BCUT2D eigenvalue weighted by atomic mass is 16.3. The smallest absolute Gasteiger partial charge is 0.237 e. The summed E-state index contributed by atoms with van der Waals surface area (Å²) in [7, 11) is 0. The lowest BCUT2D eigenvalue weighted by atomic mass is 9.84. The second kappa shape index (κ2) is 7.45. The summed E-state index contributed by atoms with van der Waals surface area (Å²) in [5.74, 6) is 0.283. The molecule has 3 atom stereocenters. The second-order valence-electron chi connectivity index (χ2n) is 4.76. The first kappa shape index (κ1) is 14.2. The highest BCUT2D eigenvalue weighted by Gasteiger charge is 2.26. The van der Waals surface area contributed by atoms with Crippen molar-refractivity contribution >= 4 is 5.91 Å². The highest BCUT2D eigenvalue weighted by Crippen LogP contribution is 2.24. The van der Waals surface area contributed by atoms with Crippen LogP contribution in [0.25, 0.3) is 0 Å². The molecule has 4 nitrogen and oxygen atoms in total. The molecule has 17 heavy (non-hydrogen) atoms. The van der Waals surface area contributed by atoms with E-state index < -0.39 is 0 Å². The molecule has 0 saturated heterocycles. The molecule has 98 valence electrons. The maximum Gasteiger partial charge on any atom is 0.237 e. The molecule has 3 N–H and O–H groups in total. The summed E-state index contributed by atoms with van der Waals surface area (Å²) in [6, 6.07) is 0.0466. The number of amides is 1. The minimum absolute atomic E-state index is 0.00726. The predicted octanol–water partition coefficient (Wildman–Crippen LogP) is 0.818. The number of aliphatic hydroxyl groups excluding tert-OH is 1. The van der Waals surface area contributed by atoms with E-state index in [-0.39, 0.29) is 24.6 Å². The lowest BCUT2D eigenvalue weighted by molar-refractivity contribution is -0.122. The van der Waals surface area contributed by atoms with Gasteiger partial charge < -0.3 is 15.7 Å². The average molecular weight is 240 g/mol. The zero-order chi connectivity index (χ0) is 12.7. The number of aliphatic hydroxyl groups is 1. The van der Waals surface area contributed by atoms with Crippen LogP contribution in [0.4, 0.5) is 0 Å². The van der Waals surface area contributed by atoms with Crippen LogP contribution in [0.1, 0.15) is 32.6 Å². The number of hydrogen-bond donors (Lipinski definition) is 3. The molecule has 1 rings (SSSR count). The van der Waals surface area contributed by atoms with E-state index >= 15 is 0 Å². The van der Waals surface area contributed by atoms with Gasteiger partial charge in [0.05, 0.1) is 6.04 Å². The third kappa shape index (κ3) is 4.48. The van der Waals surface area contributed by atoms with Crippen LogP contribution in [0, 0.1) is 5.92 Å². The maximum absolute atomic E-state index is 11.7. The van der Waals surface area contributed by atoms with E-state index in [0.29, 0.717) is 12.5 Å². The SMILES string of the molecule is C=CCNC(=O)C(C)NC1CCCCC1CO. The van der Waals surface area contributed by atoms with Crippen molar-refractivity contribution < 1.29 is 9.90 Å². The van der Waals surface area contributed by atoms with Crippen LogP contribution in [0.2, 0.25) is 0 Å². The van der Waals surface area contributed by atoms with Gasteiger partial charge in [-0.2, -0.15) is 0 Å². The fraction of sp³-hybridized carbons (Fsp3) is 0.769. The van der Waals surface area contributed by atoms with Gasteiger partial charge in [0.15, 0.2) is 0 Å². The third-order valence-electron chi connectivity index (χ3n) is 3.42. The predicted molar refractivity (Wildman–Crippen MR) is 68.6 cm³/mol. The van der Waals surface area contributed by atoms with Gasteiger partial charge in [-0.15, -0.1) is 6.58 Å². The van der Waals surface area contributed by atoms with Crippen molar-refractivity contribution in [1.29, 1.82) is 0 Å². The molecule has 1 aliphatic rings. The lowest BCUT2D eigenvalue weighted by Crippen LogP contribution is -2.50. The van der Waals surface area contributed by atoms with Crippen molar-refractivity contribution in [2.75, 3.05) is 13.2 Å². The van der Waals surface area contributed by atoms with E-state index in [4.69, 9.17) is 0 Å².